The number of carbonyl (C=O) groups is 2. The molecule has 0 aliphatic carbocycles. The maximum atomic E-state index is 12.6. The van der Waals surface area contributed by atoms with E-state index < -0.39 is 12.0 Å². The standard InChI is InChI=1S/C21H18N2O5/c1-10-6-11(2)19-14(7-10)16(24)9-18(28-19)21(26)22-13-4-5-17-15(8-13)23-20(25)12(3)27-17/h4-9,12H,1-3H3,(H,22,26)(H,23,25)/t12-/m1/s1. The van der Waals surface area contributed by atoms with Crippen molar-refractivity contribution in [3.63, 3.8) is 0 Å². The Labute approximate surface area is 160 Å². The average molecular weight is 378 g/mol. The van der Waals surface area contributed by atoms with E-state index in [0.29, 0.717) is 28.1 Å². The van der Waals surface area contributed by atoms with Gasteiger partial charge in [0.2, 0.25) is 0 Å². The Kier molecular flexibility index (Phi) is 4.15. The topological polar surface area (TPSA) is 97.6 Å². The second-order valence-corrected chi connectivity index (χ2v) is 6.85. The van der Waals surface area contributed by atoms with Crippen molar-refractivity contribution in [3.8, 4) is 5.75 Å². The van der Waals surface area contributed by atoms with E-state index in [9.17, 15) is 14.4 Å². The minimum absolute atomic E-state index is 0.0870. The molecule has 3 aromatic rings. The third-order valence-electron chi connectivity index (χ3n) is 4.55. The molecule has 2 N–H and O–H groups in total. The number of carbonyl (C=O) groups excluding carboxylic acids is 2. The average Bonchev–Trinajstić information content (AvgIpc) is 2.63. The number of benzene rings is 2. The molecule has 1 aliphatic heterocycles. The summed E-state index contributed by atoms with van der Waals surface area (Å²) in [5.74, 6) is -0.387. The largest absolute Gasteiger partial charge is 0.479 e. The minimum atomic E-state index is -0.577. The van der Waals surface area contributed by atoms with Crippen LogP contribution in [-0.4, -0.2) is 17.9 Å². The van der Waals surface area contributed by atoms with Gasteiger partial charge in [-0.3, -0.25) is 14.4 Å². The van der Waals surface area contributed by atoms with E-state index in [-0.39, 0.29) is 17.1 Å². The van der Waals surface area contributed by atoms with Crippen LogP contribution < -0.4 is 20.8 Å². The van der Waals surface area contributed by atoms with Gasteiger partial charge in [-0.1, -0.05) is 6.07 Å². The molecule has 1 atom stereocenters. The zero-order valence-electron chi connectivity index (χ0n) is 15.6. The SMILES string of the molecule is Cc1cc(C)c2oc(C(=O)Nc3ccc4c(c3)NC(=O)[C@@H](C)O4)cc(=O)c2c1. The van der Waals surface area contributed by atoms with E-state index in [0.717, 1.165) is 11.1 Å². The first kappa shape index (κ1) is 17.8. The molecule has 0 bridgehead atoms. The zero-order valence-corrected chi connectivity index (χ0v) is 15.6. The predicted octanol–water partition coefficient (Wildman–Crippen LogP) is 3.38. The van der Waals surface area contributed by atoms with E-state index >= 15 is 0 Å². The lowest BCUT2D eigenvalue weighted by Gasteiger charge is -2.23. The maximum Gasteiger partial charge on any atom is 0.291 e. The second kappa shape index (κ2) is 6.53. The Morgan fingerprint density at radius 3 is 2.68 bits per heavy atom. The molecule has 0 saturated carbocycles. The Bertz CT molecular complexity index is 1200. The van der Waals surface area contributed by atoms with Crippen LogP contribution in [0.2, 0.25) is 0 Å². The van der Waals surface area contributed by atoms with Crippen LogP contribution in [0.3, 0.4) is 0 Å². The second-order valence-electron chi connectivity index (χ2n) is 6.85. The van der Waals surface area contributed by atoms with Gasteiger partial charge in [0.15, 0.2) is 17.3 Å². The van der Waals surface area contributed by atoms with Gasteiger partial charge in [0.1, 0.15) is 11.3 Å². The van der Waals surface area contributed by atoms with Crippen LogP contribution in [0.15, 0.2) is 45.6 Å². The first-order valence-electron chi connectivity index (χ1n) is 8.80. The zero-order chi connectivity index (χ0) is 20.0. The summed E-state index contributed by atoms with van der Waals surface area (Å²) >= 11 is 0. The van der Waals surface area contributed by atoms with Gasteiger partial charge in [-0.15, -0.1) is 0 Å². The number of hydrogen-bond donors (Lipinski definition) is 2. The molecule has 0 radical (unpaired) electrons. The number of ether oxygens (including phenoxy) is 1. The Hall–Kier alpha value is -3.61. The summed E-state index contributed by atoms with van der Waals surface area (Å²) in [7, 11) is 0. The molecular weight excluding hydrogens is 360 g/mol. The summed E-state index contributed by atoms with van der Waals surface area (Å²) in [5, 5.41) is 5.84. The van der Waals surface area contributed by atoms with E-state index in [1.165, 1.54) is 6.07 Å². The molecule has 2 aromatic carbocycles. The van der Waals surface area contributed by atoms with E-state index in [1.54, 1.807) is 31.2 Å². The highest BCUT2D eigenvalue weighted by Gasteiger charge is 2.24. The van der Waals surface area contributed by atoms with Crippen molar-refractivity contribution in [1.82, 2.24) is 0 Å². The van der Waals surface area contributed by atoms with Crippen LogP contribution in [0, 0.1) is 13.8 Å². The molecule has 4 rings (SSSR count). The van der Waals surface area contributed by atoms with E-state index in [1.807, 2.05) is 19.9 Å². The molecule has 28 heavy (non-hydrogen) atoms. The number of amides is 2. The quantitative estimate of drug-likeness (QED) is 0.712. The lowest BCUT2D eigenvalue weighted by atomic mass is 10.1. The molecule has 7 heteroatoms. The van der Waals surface area contributed by atoms with Crippen LogP contribution in [0.1, 0.15) is 28.6 Å². The van der Waals surface area contributed by atoms with Gasteiger partial charge in [-0.05, 0) is 56.2 Å². The van der Waals surface area contributed by atoms with Gasteiger partial charge in [-0.25, -0.2) is 0 Å². The highest BCUT2D eigenvalue weighted by atomic mass is 16.5. The van der Waals surface area contributed by atoms with Crippen LogP contribution >= 0.6 is 0 Å². The molecule has 1 aromatic heterocycles. The van der Waals surface area contributed by atoms with Gasteiger partial charge in [0, 0.05) is 11.8 Å². The number of fused-ring (bicyclic) bond motifs is 2. The summed E-state index contributed by atoms with van der Waals surface area (Å²) in [5.41, 5.74) is 2.74. The van der Waals surface area contributed by atoms with Crippen LogP contribution in [0.25, 0.3) is 11.0 Å². The first-order chi connectivity index (χ1) is 13.3. The third kappa shape index (κ3) is 3.11. The van der Waals surface area contributed by atoms with Crippen LogP contribution in [-0.2, 0) is 4.79 Å². The van der Waals surface area contributed by atoms with Crippen LogP contribution in [0.4, 0.5) is 11.4 Å². The predicted molar refractivity (Wildman–Crippen MR) is 105 cm³/mol. The van der Waals surface area contributed by atoms with Gasteiger partial charge in [0.25, 0.3) is 11.8 Å². The number of hydrogen-bond acceptors (Lipinski definition) is 5. The van der Waals surface area contributed by atoms with Crippen molar-refractivity contribution < 1.29 is 18.7 Å². The van der Waals surface area contributed by atoms with Crippen molar-refractivity contribution in [2.45, 2.75) is 26.9 Å². The minimum Gasteiger partial charge on any atom is -0.479 e. The number of rotatable bonds is 2. The van der Waals surface area contributed by atoms with Gasteiger partial charge >= 0.3 is 0 Å². The number of aryl methyl sites for hydroxylation is 2. The molecule has 2 amide bonds. The summed E-state index contributed by atoms with van der Waals surface area (Å²) in [4.78, 5) is 36.8. The molecule has 0 fully saturated rings. The van der Waals surface area contributed by atoms with Crippen LogP contribution in [0.5, 0.6) is 5.75 Å². The Morgan fingerprint density at radius 2 is 1.89 bits per heavy atom. The van der Waals surface area contributed by atoms with E-state index in [4.69, 9.17) is 9.15 Å². The highest BCUT2D eigenvalue weighted by Crippen LogP contribution is 2.32. The number of anilines is 2. The number of nitrogens with one attached hydrogen (secondary N) is 2. The smallest absolute Gasteiger partial charge is 0.291 e. The highest BCUT2D eigenvalue weighted by molar-refractivity contribution is 6.04. The van der Waals surface area contributed by atoms with E-state index in [2.05, 4.69) is 10.6 Å². The third-order valence-corrected chi connectivity index (χ3v) is 4.55. The summed E-state index contributed by atoms with van der Waals surface area (Å²) in [6.45, 7) is 5.37. The summed E-state index contributed by atoms with van der Waals surface area (Å²) < 4.78 is 11.2. The molecule has 7 nitrogen and oxygen atoms in total. The molecule has 142 valence electrons. The molecule has 0 saturated heterocycles. The lowest BCUT2D eigenvalue weighted by molar-refractivity contribution is -0.122. The van der Waals surface area contributed by atoms with Crippen molar-refractivity contribution in [2.24, 2.45) is 0 Å². The van der Waals surface area contributed by atoms with Crippen molar-refractivity contribution >= 4 is 34.2 Å². The van der Waals surface area contributed by atoms with Gasteiger partial charge in [0.05, 0.1) is 11.1 Å². The summed E-state index contributed by atoms with van der Waals surface area (Å²) in [6.07, 6.45) is -0.577. The molecule has 2 heterocycles. The van der Waals surface area contributed by atoms with Crippen molar-refractivity contribution in [3.05, 3.63) is 63.5 Å². The Balaban J connectivity index is 1.65. The maximum absolute atomic E-state index is 12.6. The molecule has 0 spiro atoms. The normalized spacial score (nSPS) is 15.5. The Morgan fingerprint density at radius 1 is 1.11 bits per heavy atom. The fourth-order valence-electron chi connectivity index (χ4n) is 3.20. The molecular formula is C21H18N2O5. The monoisotopic (exact) mass is 378 g/mol. The van der Waals surface area contributed by atoms with Crippen molar-refractivity contribution in [1.29, 1.82) is 0 Å². The fourth-order valence-corrected chi connectivity index (χ4v) is 3.20. The van der Waals surface area contributed by atoms with Gasteiger partial charge in [-0.2, -0.15) is 0 Å². The summed E-state index contributed by atoms with van der Waals surface area (Å²) in [6, 6.07) is 9.70. The first-order valence-corrected chi connectivity index (χ1v) is 8.80. The van der Waals surface area contributed by atoms with Crippen molar-refractivity contribution in [2.75, 3.05) is 10.6 Å². The molecule has 0 unspecified atom stereocenters. The molecule has 1 aliphatic rings. The van der Waals surface area contributed by atoms with Gasteiger partial charge < -0.3 is 19.8 Å². The lowest BCUT2D eigenvalue weighted by Crippen LogP contribution is -2.34. The fraction of sp³-hybridized carbons (Fsp3) is 0.190.